The summed E-state index contributed by atoms with van der Waals surface area (Å²) >= 11 is 3.87. The van der Waals surface area contributed by atoms with E-state index >= 15 is 0 Å². The number of aromatic nitrogens is 2. The SMILES string of the molecule is CC(C)(C)c1ccncc1.CN(C)C(C)(C)[N]=[Co].Cc1cc(C)c(/C(=C2\C=CC(c3c(-c4ccccc4)cc(-c4ccccc4)cc3-c3ccccc3)=N2)c2ccc(-c3c(-c4ccccc4)cc(-c4ccccc4)cc3-c3ccccc3)[n-]2)c(C)c1. The van der Waals surface area contributed by atoms with Crippen LogP contribution in [0.2, 0.25) is 0 Å². The van der Waals surface area contributed by atoms with Crippen molar-refractivity contribution in [3.63, 3.8) is 0 Å². The van der Waals surface area contributed by atoms with Gasteiger partial charge >= 0.3 is 58.0 Å². The van der Waals surface area contributed by atoms with Crippen molar-refractivity contribution in [3.8, 4) is 78.0 Å². The van der Waals surface area contributed by atoms with Crippen molar-refractivity contribution in [1.29, 1.82) is 0 Å². The topological polar surface area (TPSA) is 55.0 Å². The standard InChI is InChI=1S/C66H49N2.C9H13N.C5H12N2.Co/c1-44-38-45(2)63(46(3)39-44)66(61-36-34-59(67-61)64-55(49-26-14-6-15-27-49)40-53(47-22-10-4-11-23-47)41-56(64)50-28-16-7-17-29-50)62-37-35-60(68-62)65-57(51-30-18-8-19-31-51)42-54(48-24-12-5-13-25-48)43-58(65)52-32-20-9-21-33-52;1-9(2,3)8-4-6-10-7-5-8;1-5(2,6)7(3)4;/h4-43H,1-3H3;4-7H,1-3H3;1-4H3;/q-1;;;/b66-61+;;;. The molecule has 0 amide bonds. The molecule has 11 aromatic rings. The van der Waals surface area contributed by atoms with Gasteiger partial charge in [-0.05, 0) is 175 Å². The summed E-state index contributed by atoms with van der Waals surface area (Å²) in [6, 6.07) is 86.7. The van der Waals surface area contributed by atoms with Crippen LogP contribution in [0, 0.1) is 20.8 Å². The summed E-state index contributed by atoms with van der Waals surface area (Å²) in [5.41, 5.74) is 26.8. The van der Waals surface area contributed by atoms with Crippen molar-refractivity contribution in [2.45, 2.75) is 66.5 Å². The first kappa shape index (κ1) is 60.0. The Morgan fingerprint density at radius 1 is 0.442 bits per heavy atom. The maximum absolute atomic E-state index is 5.69. The molecule has 0 unspecified atom stereocenters. The van der Waals surface area contributed by atoms with Crippen LogP contribution in [0.25, 0.3) is 83.6 Å². The molecule has 2 aromatic heterocycles. The van der Waals surface area contributed by atoms with Gasteiger partial charge < -0.3 is 4.98 Å². The molecule has 0 aliphatic carbocycles. The number of aryl methyl sites for hydroxylation is 3. The van der Waals surface area contributed by atoms with Crippen LogP contribution in [-0.4, -0.2) is 35.4 Å². The third-order valence-corrected chi connectivity index (χ3v) is 16.5. The van der Waals surface area contributed by atoms with E-state index in [1.165, 1.54) is 33.4 Å². The molecule has 0 N–H and O–H groups in total. The molecule has 5 nitrogen and oxygen atoms in total. The van der Waals surface area contributed by atoms with Gasteiger partial charge in [0.1, 0.15) is 0 Å². The van der Waals surface area contributed by atoms with Crippen molar-refractivity contribution in [2.24, 2.45) is 8.99 Å². The number of hydrogen-bond donors (Lipinski definition) is 0. The Morgan fingerprint density at radius 3 is 1.17 bits per heavy atom. The van der Waals surface area contributed by atoms with Gasteiger partial charge in [-0.15, -0.1) is 11.4 Å². The number of hydrogen-bond acceptors (Lipinski definition) is 4. The molecule has 0 bridgehead atoms. The maximum atomic E-state index is 5.69. The first-order chi connectivity index (χ1) is 41.6. The molecule has 0 saturated heterocycles. The third kappa shape index (κ3) is 13.8. The smallest absolute Gasteiger partial charge is 0.0722 e. The molecule has 429 valence electrons. The minimum atomic E-state index is -0.139. The van der Waals surface area contributed by atoms with E-state index in [1.54, 1.807) is 0 Å². The van der Waals surface area contributed by atoms with Gasteiger partial charge in [-0.3, -0.25) is 4.98 Å². The number of allylic oxidation sites excluding steroid dienone is 2. The second kappa shape index (κ2) is 26.8. The second-order valence-corrected chi connectivity index (χ2v) is 23.9. The number of rotatable bonds is 12. The molecule has 1 aliphatic heterocycles. The minimum absolute atomic E-state index is 0.139. The summed E-state index contributed by atoms with van der Waals surface area (Å²) in [5, 5.41) is 0. The van der Waals surface area contributed by atoms with Gasteiger partial charge in [-0.1, -0.05) is 233 Å². The summed E-state index contributed by atoms with van der Waals surface area (Å²) < 4.78 is 3.83. The van der Waals surface area contributed by atoms with Crippen LogP contribution < -0.4 is 4.98 Å². The van der Waals surface area contributed by atoms with Crippen molar-refractivity contribution >= 4 is 11.3 Å². The van der Waals surface area contributed by atoms with Crippen LogP contribution in [0.5, 0.6) is 0 Å². The van der Waals surface area contributed by atoms with Crippen LogP contribution >= 0.6 is 0 Å². The van der Waals surface area contributed by atoms with E-state index in [2.05, 4.69) is 321 Å². The molecule has 86 heavy (non-hydrogen) atoms. The van der Waals surface area contributed by atoms with Crippen molar-refractivity contribution in [1.82, 2.24) is 14.9 Å². The molecule has 12 rings (SSSR count). The van der Waals surface area contributed by atoms with Gasteiger partial charge in [-0.25, -0.2) is 4.99 Å². The molecule has 0 spiro atoms. The van der Waals surface area contributed by atoms with Gasteiger partial charge in [0.2, 0.25) is 0 Å². The predicted molar refractivity (Wildman–Crippen MR) is 360 cm³/mol. The second-order valence-electron chi connectivity index (χ2n) is 23.6. The van der Waals surface area contributed by atoms with E-state index < -0.39 is 0 Å². The largest absolute Gasteiger partial charge is 0.657 e. The Labute approximate surface area is 518 Å². The maximum Gasteiger partial charge on any atom is 0.0722 e. The average molecular weight is 1160 g/mol. The Bertz CT molecular complexity index is 4050. The Kier molecular flexibility index (Phi) is 18.7. The van der Waals surface area contributed by atoms with Crippen molar-refractivity contribution in [3.05, 3.63) is 312 Å². The fraction of sp³-hybridized carbons (Fsp3) is 0.150. The number of nitrogens with zero attached hydrogens (tertiary/aromatic N) is 5. The van der Waals surface area contributed by atoms with Crippen LogP contribution in [0.1, 0.15) is 73.7 Å². The van der Waals surface area contributed by atoms with E-state index in [0.717, 1.165) is 101 Å². The first-order valence-corrected chi connectivity index (χ1v) is 29.9. The minimum Gasteiger partial charge on any atom is -0.657 e. The summed E-state index contributed by atoms with van der Waals surface area (Å²) in [4.78, 5) is 17.3. The Morgan fingerprint density at radius 2 is 0.826 bits per heavy atom. The van der Waals surface area contributed by atoms with Crippen LogP contribution in [-0.2, 0) is 21.0 Å². The molecule has 0 radical (unpaired) electrons. The Balaban J connectivity index is 0.000000393. The summed E-state index contributed by atoms with van der Waals surface area (Å²) in [6.45, 7) is 17.2. The molecule has 0 atom stereocenters. The fourth-order valence-electron chi connectivity index (χ4n) is 11.0. The Hall–Kier alpha value is -9.17. The monoisotopic (exact) mass is 1160 g/mol. The predicted octanol–water partition coefficient (Wildman–Crippen LogP) is 20.5. The summed E-state index contributed by atoms with van der Waals surface area (Å²) in [5.74, 6) is 0. The summed E-state index contributed by atoms with van der Waals surface area (Å²) in [6.07, 6.45) is 8.07. The quantitative estimate of drug-likeness (QED) is 0.122. The van der Waals surface area contributed by atoms with Crippen LogP contribution in [0.15, 0.2) is 282 Å². The molecule has 0 fully saturated rings. The molecular formula is C80H74CoN5-. The third-order valence-electron chi connectivity index (χ3n) is 15.9. The van der Waals surface area contributed by atoms with E-state index in [-0.39, 0.29) is 11.1 Å². The molecular weight excluding hydrogens is 1090 g/mol. The number of benzene rings is 9. The van der Waals surface area contributed by atoms with Crippen LogP contribution in [0.3, 0.4) is 0 Å². The van der Waals surface area contributed by atoms with Crippen molar-refractivity contribution in [2.75, 3.05) is 14.1 Å². The molecule has 9 aromatic carbocycles. The normalized spacial score (nSPS) is 12.6. The molecule has 1 aliphatic rings. The van der Waals surface area contributed by atoms with E-state index in [1.807, 2.05) is 45.2 Å². The van der Waals surface area contributed by atoms with Gasteiger partial charge in [0, 0.05) is 18.0 Å². The van der Waals surface area contributed by atoms with E-state index in [4.69, 9.17) is 9.98 Å². The molecule has 3 heterocycles. The first-order valence-electron chi connectivity index (χ1n) is 29.4. The van der Waals surface area contributed by atoms with Crippen molar-refractivity contribution < 1.29 is 15.5 Å². The molecule has 6 heteroatoms. The van der Waals surface area contributed by atoms with E-state index in [9.17, 15) is 0 Å². The summed E-state index contributed by atoms with van der Waals surface area (Å²) in [7, 11) is 3.94. The molecule has 0 saturated carbocycles. The fourth-order valence-corrected chi connectivity index (χ4v) is 11.2. The zero-order valence-electron chi connectivity index (χ0n) is 51.0. The van der Waals surface area contributed by atoms with Gasteiger partial charge in [0.25, 0.3) is 0 Å². The number of aliphatic imine (C=N–C) groups is 1. The van der Waals surface area contributed by atoms with Gasteiger partial charge in [-0.2, -0.15) is 0 Å². The van der Waals surface area contributed by atoms with Gasteiger partial charge in [0.05, 0.1) is 11.4 Å². The number of pyridine rings is 1. The van der Waals surface area contributed by atoms with E-state index in [0.29, 0.717) is 0 Å². The van der Waals surface area contributed by atoms with Gasteiger partial charge in [0.15, 0.2) is 0 Å². The van der Waals surface area contributed by atoms with Crippen LogP contribution in [0.4, 0.5) is 0 Å². The zero-order valence-corrected chi connectivity index (χ0v) is 52.0. The zero-order chi connectivity index (χ0) is 60.4. The average Bonchev–Trinajstić information content (AvgIpc) is 1.82.